The van der Waals surface area contributed by atoms with E-state index in [1.807, 2.05) is 6.92 Å². The zero-order valence-electron chi connectivity index (χ0n) is 8.70. The third kappa shape index (κ3) is 1.73. The van der Waals surface area contributed by atoms with E-state index in [0.717, 1.165) is 29.2 Å². The number of aromatic nitrogens is 4. The minimum Gasteiger partial charge on any atom is -0.339 e. The van der Waals surface area contributed by atoms with Gasteiger partial charge in [0.1, 0.15) is 17.2 Å². The lowest BCUT2D eigenvalue weighted by Crippen LogP contribution is -1.95. The van der Waals surface area contributed by atoms with E-state index in [0.29, 0.717) is 5.92 Å². The Morgan fingerprint density at radius 3 is 2.86 bits per heavy atom. The molecule has 2 heterocycles. The van der Waals surface area contributed by atoms with Crippen molar-refractivity contribution in [2.24, 2.45) is 5.92 Å². The highest BCUT2D eigenvalue weighted by atomic mass is 15.0. The topological polar surface area (TPSA) is 54.5 Å². The lowest BCUT2D eigenvalue weighted by Gasteiger charge is -1.98. The molecule has 14 heavy (non-hydrogen) atoms. The molecule has 0 bridgehead atoms. The van der Waals surface area contributed by atoms with Crippen LogP contribution in [0.2, 0.25) is 0 Å². The van der Waals surface area contributed by atoms with Crippen molar-refractivity contribution in [1.29, 1.82) is 0 Å². The summed E-state index contributed by atoms with van der Waals surface area (Å²) in [6.45, 7) is 6.21. The summed E-state index contributed by atoms with van der Waals surface area (Å²) in [6, 6.07) is 0. The van der Waals surface area contributed by atoms with Crippen LogP contribution < -0.4 is 0 Å². The molecular weight excluding hydrogens is 176 g/mol. The highest BCUT2D eigenvalue weighted by Crippen LogP contribution is 2.10. The molecule has 0 amide bonds. The summed E-state index contributed by atoms with van der Waals surface area (Å²) in [5.74, 6) is 2.36. The average Bonchev–Trinajstić information content (AvgIpc) is 2.44. The third-order valence-electron chi connectivity index (χ3n) is 2.01. The van der Waals surface area contributed by atoms with Crippen molar-refractivity contribution in [3.8, 4) is 0 Å². The predicted molar refractivity (Wildman–Crippen MR) is 55.0 cm³/mol. The lowest BCUT2D eigenvalue weighted by atomic mass is 10.1. The Bertz CT molecular complexity index is 444. The first-order chi connectivity index (χ1) is 6.65. The van der Waals surface area contributed by atoms with E-state index < -0.39 is 0 Å². The van der Waals surface area contributed by atoms with Gasteiger partial charge in [0.25, 0.3) is 0 Å². The number of hydrogen-bond acceptors (Lipinski definition) is 3. The number of nitrogens with one attached hydrogen (secondary N) is 1. The second-order valence-corrected chi connectivity index (χ2v) is 3.94. The molecule has 4 heteroatoms. The molecule has 0 aliphatic carbocycles. The standard InChI is InChI=1S/C10H14N4/c1-6(2)4-9-13-8-5-11-7(3)12-10(8)14-9/h5-6H,4H2,1-3H3,(H,11,12,13,14). The molecule has 0 spiro atoms. The van der Waals surface area contributed by atoms with Crippen molar-refractivity contribution in [1.82, 2.24) is 19.9 Å². The first-order valence-corrected chi connectivity index (χ1v) is 4.83. The van der Waals surface area contributed by atoms with Gasteiger partial charge in [-0.3, -0.25) is 0 Å². The Hall–Kier alpha value is -1.45. The molecule has 2 aromatic heterocycles. The predicted octanol–water partition coefficient (Wildman–Crippen LogP) is 1.86. The number of rotatable bonds is 2. The molecule has 2 aromatic rings. The van der Waals surface area contributed by atoms with Crippen LogP contribution in [0.1, 0.15) is 25.5 Å². The van der Waals surface area contributed by atoms with Gasteiger partial charge in [0.15, 0.2) is 5.65 Å². The van der Waals surface area contributed by atoms with E-state index in [1.54, 1.807) is 6.20 Å². The summed E-state index contributed by atoms with van der Waals surface area (Å²) < 4.78 is 0. The van der Waals surface area contributed by atoms with Crippen molar-refractivity contribution in [3.05, 3.63) is 17.8 Å². The zero-order chi connectivity index (χ0) is 10.1. The van der Waals surface area contributed by atoms with E-state index >= 15 is 0 Å². The summed E-state index contributed by atoms with van der Waals surface area (Å²) in [7, 11) is 0. The maximum Gasteiger partial charge on any atom is 0.181 e. The van der Waals surface area contributed by atoms with Crippen molar-refractivity contribution in [2.45, 2.75) is 27.2 Å². The largest absolute Gasteiger partial charge is 0.339 e. The van der Waals surface area contributed by atoms with Crippen molar-refractivity contribution >= 4 is 11.2 Å². The number of aromatic amines is 1. The highest BCUT2D eigenvalue weighted by Gasteiger charge is 2.05. The normalized spacial score (nSPS) is 11.4. The monoisotopic (exact) mass is 190 g/mol. The Kier molecular flexibility index (Phi) is 2.19. The molecular formula is C10H14N4. The number of fused-ring (bicyclic) bond motifs is 1. The van der Waals surface area contributed by atoms with Crippen LogP contribution >= 0.6 is 0 Å². The summed E-state index contributed by atoms with van der Waals surface area (Å²) in [6.07, 6.45) is 2.74. The quantitative estimate of drug-likeness (QED) is 0.786. The number of H-pyrrole nitrogens is 1. The van der Waals surface area contributed by atoms with Gasteiger partial charge in [0.2, 0.25) is 0 Å². The first-order valence-electron chi connectivity index (χ1n) is 4.83. The number of nitrogens with zero attached hydrogens (tertiary/aromatic N) is 3. The van der Waals surface area contributed by atoms with E-state index in [1.165, 1.54) is 0 Å². The molecule has 74 valence electrons. The van der Waals surface area contributed by atoms with Gasteiger partial charge in [-0.2, -0.15) is 0 Å². The van der Waals surface area contributed by atoms with E-state index in [4.69, 9.17) is 0 Å². The van der Waals surface area contributed by atoms with Gasteiger partial charge in [-0.05, 0) is 12.8 Å². The molecule has 0 saturated carbocycles. The fourth-order valence-corrected chi connectivity index (χ4v) is 1.43. The molecule has 4 nitrogen and oxygen atoms in total. The molecule has 0 radical (unpaired) electrons. The first kappa shape index (κ1) is 9.12. The van der Waals surface area contributed by atoms with Crippen molar-refractivity contribution in [2.75, 3.05) is 0 Å². The van der Waals surface area contributed by atoms with Crippen molar-refractivity contribution < 1.29 is 0 Å². The average molecular weight is 190 g/mol. The van der Waals surface area contributed by atoms with Crippen molar-refractivity contribution in [3.63, 3.8) is 0 Å². The second kappa shape index (κ2) is 3.36. The number of imidazole rings is 1. The van der Waals surface area contributed by atoms with Gasteiger partial charge in [-0.25, -0.2) is 15.0 Å². The number of aryl methyl sites for hydroxylation is 1. The Morgan fingerprint density at radius 2 is 2.14 bits per heavy atom. The summed E-state index contributed by atoms with van der Waals surface area (Å²) in [4.78, 5) is 16.0. The van der Waals surface area contributed by atoms with Crippen LogP contribution in [0, 0.1) is 12.8 Å². The minimum atomic E-state index is 0.601. The Morgan fingerprint density at radius 1 is 1.36 bits per heavy atom. The van der Waals surface area contributed by atoms with Gasteiger partial charge >= 0.3 is 0 Å². The van der Waals surface area contributed by atoms with E-state index in [9.17, 15) is 0 Å². The van der Waals surface area contributed by atoms with E-state index in [-0.39, 0.29) is 0 Å². The SMILES string of the molecule is Cc1ncc2[nH]c(CC(C)C)nc2n1. The van der Waals surface area contributed by atoms with Crippen LogP contribution in [0.15, 0.2) is 6.20 Å². The van der Waals surface area contributed by atoms with Gasteiger partial charge in [0, 0.05) is 6.42 Å². The fraction of sp³-hybridized carbons (Fsp3) is 0.500. The molecule has 0 unspecified atom stereocenters. The number of hydrogen-bond donors (Lipinski definition) is 1. The Balaban J connectivity index is 2.41. The van der Waals surface area contributed by atoms with Crippen LogP contribution in [0.4, 0.5) is 0 Å². The van der Waals surface area contributed by atoms with Crippen LogP contribution in [0.5, 0.6) is 0 Å². The van der Waals surface area contributed by atoms with Crippen LogP contribution in [0.3, 0.4) is 0 Å². The summed E-state index contributed by atoms with van der Waals surface area (Å²) in [5, 5.41) is 0. The smallest absolute Gasteiger partial charge is 0.181 e. The molecule has 2 rings (SSSR count). The minimum absolute atomic E-state index is 0.601. The second-order valence-electron chi connectivity index (χ2n) is 3.94. The maximum absolute atomic E-state index is 4.41. The summed E-state index contributed by atoms with van der Waals surface area (Å²) in [5.41, 5.74) is 1.69. The molecule has 0 aliphatic rings. The van der Waals surface area contributed by atoms with Crippen LogP contribution in [0.25, 0.3) is 11.2 Å². The lowest BCUT2D eigenvalue weighted by molar-refractivity contribution is 0.627. The Labute approximate surface area is 82.8 Å². The molecule has 0 saturated heterocycles. The van der Waals surface area contributed by atoms with Crippen LogP contribution in [-0.4, -0.2) is 19.9 Å². The molecule has 1 N–H and O–H groups in total. The van der Waals surface area contributed by atoms with Gasteiger partial charge < -0.3 is 4.98 Å². The summed E-state index contributed by atoms with van der Waals surface area (Å²) >= 11 is 0. The zero-order valence-corrected chi connectivity index (χ0v) is 8.70. The molecule has 0 aromatic carbocycles. The molecule has 0 aliphatic heterocycles. The van der Waals surface area contributed by atoms with Gasteiger partial charge in [-0.15, -0.1) is 0 Å². The van der Waals surface area contributed by atoms with Gasteiger partial charge in [-0.1, -0.05) is 13.8 Å². The highest BCUT2D eigenvalue weighted by molar-refractivity contribution is 5.69. The van der Waals surface area contributed by atoms with E-state index in [2.05, 4.69) is 33.8 Å². The maximum atomic E-state index is 4.41. The van der Waals surface area contributed by atoms with Gasteiger partial charge in [0.05, 0.1) is 6.20 Å². The molecule has 0 atom stereocenters. The molecule has 0 fully saturated rings. The fourth-order valence-electron chi connectivity index (χ4n) is 1.43. The third-order valence-corrected chi connectivity index (χ3v) is 2.01. The van der Waals surface area contributed by atoms with Crippen LogP contribution in [-0.2, 0) is 6.42 Å².